The largest absolute Gasteiger partial charge is 0.223 e. The van der Waals surface area contributed by atoms with E-state index in [0.29, 0.717) is 11.2 Å². The summed E-state index contributed by atoms with van der Waals surface area (Å²) < 4.78 is 0. The number of rotatable bonds is 2. The summed E-state index contributed by atoms with van der Waals surface area (Å²) in [7, 11) is 0. The molecule has 0 saturated carbocycles. The molecule has 0 bridgehead atoms. The zero-order valence-corrected chi connectivity index (χ0v) is 10.1. The van der Waals surface area contributed by atoms with Gasteiger partial charge in [0.2, 0.25) is 5.28 Å². The van der Waals surface area contributed by atoms with Crippen LogP contribution in [-0.2, 0) is 0 Å². The van der Waals surface area contributed by atoms with Crippen LogP contribution in [0.3, 0.4) is 0 Å². The smallest absolute Gasteiger partial charge is 0.223 e. The summed E-state index contributed by atoms with van der Waals surface area (Å²) in [5.74, 6) is 0.364. The summed E-state index contributed by atoms with van der Waals surface area (Å²) >= 11 is 7.54. The van der Waals surface area contributed by atoms with Crippen molar-refractivity contribution in [2.75, 3.05) is 0 Å². The maximum Gasteiger partial charge on any atom is 0.223 e. The number of thiophene rings is 1. The topological polar surface area (TPSA) is 25.8 Å². The molecule has 0 radical (unpaired) electrons. The minimum Gasteiger partial charge on any atom is -0.223 e. The van der Waals surface area contributed by atoms with E-state index in [9.17, 15) is 0 Å². The van der Waals surface area contributed by atoms with E-state index >= 15 is 0 Å². The van der Waals surface area contributed by atoms with Crippen LogP contribution >= 0.6 is 22.9 Å². The quantitative estimate of drug-likeness (QED) is 0.740. The Kier molecular flexibility index (Phi) is 3.03. The van der Waals surface area contributed by atoms with Crippen molar-refractivity contribution in [1.29, 1.82) is 0 Å². The Morgan fingerprint density at radius 3 is 2.73 bits per heavy atom. The first kappa shape index (κ1) is 10.6. The predicted molar refractivity (Wildman–Crippen MR) is 64.4 cm³/mol. The molecule has 2 heterocycles. The molecule has 0 aliphatic rings. The summed E-state index contributed by atoms with van der Waals surface area (Å²) in [5, 5.41) is 4.41. The molecule has 0 fully saturated rings. The van der Waals surface area contributed by atoms with Crippen molar-refractivity contribution < 1.29 is 0 Å². The molecule has 4 heteroatoms. The molecule has 0 aromatic carbocycles. The van der Waals surface area contributed by atoms with Gasteiger partial charge in [0.25, 0.3) is 0 Å². The molecule has 0 N–H and O–H groups in total. The molecule has 0 unspecified atom stereocenters. The Morgan fingerprint density at radius 2 is 2.13 bits per heavy atom. The van der Waals surface area contributed by atoms with Gasteiger partial charge in [-0.25, -0.2) is 9.97 Å². The van der Waals surface area contributed by atoms with Gasteiger partial charge in [0.15, 0.2) is 0 Å². The Labute approximate surface area is 98.0 Å². The van der Waals surface area contributed by atoms with Crippen molar-refractivity contribution in [2.45, 2.75) is 19.8 Å². The third-order valence-electron chi connectivity index (χ3n) is 2.13. The zero-order chi connectivity index (χ0) is 10.8. The maximum atomic E-state index is 5.89. The molecule has 0 aliphatic heterocycles. The standard InChI is InChI=1S/C11H11ClN2S/c1-7(2)9-5-10(14-11(12)13-9)8-3-4-15-6-8/h3-7H,1-2H3. The molecule has 2 nitrogen and oxygen atoms in total. The number of hydrogen-bond acceptors (Lipinski definition) is 3. The lowest BCUT2D eigenvalue weighted by atomic mass is 10.1. The van der Waals surface area contributed by atoms with E-state index in [-0.39, 0.29) is 0 Å². The number of hydrogen-bond donors (Lipinski definition) is 0. The molecule has 0 aliphatic carbocycles. The number of aromatic nitrogens is 2. The van der Waals surface area contributed by atoms with Gasteiger partial charge in [-0.2, -0.15) is 11.3 Å². The average molecular weight is 239 g/mol. The Morgan fingerprint density at radius 1 is 1.33 bits per heavy atom. The fraction of sp³-hybridized carbons (Fsp3) is 0.273. The molecule has 15 heavy (non-hydrogen) atoms. The second-order valence-electron chi connectivity index (χ2n) is 3.61. The van der Waals surface area contributed by atoms with Gasteiger partial charge in [0, 0.05) is 16.6 Å². The lowest BCUT2D eigenvalue weighted by Crippen LogP contribution is -1.96. The van der Waals surface area contributed by atoms with Crippen molar-refractivity contribution in [2.24, 2.45) is 0 Å². The highest BCUT2D eigenvalue weighted by molar-refractivity contribution is 7.08. The van der Waals surface area contributed by atoms with Crippen LogP contribution in [0, 0.1) is 0 Å². The van der Waals surface area contributed by atoms with E-state index in [4.69, 9.17) is 11.6 Å². The van der Waals surface area contributed by atoms with E-state index < -0.39 is 0 Å². The number of halogens is 1. The van der Waals surface area contributed by atoms with Crippen molar-refractivity contribution in [3.05, 3.63) is 33.9 Å². The highest BCUT2D eigenvalue weighted by Crippen LogP contribution is 2.24. The maximum absolute atomic E-state index is 5.89. The highest BCUT2D eigenvalue weighted by Gasteiger charge is 2.08. The molecule has 2 aromatic rings. The zero-order valence-electron chi connectivity index (χ0n) is 8.57. The fourth-order valence-corrected chi connectivity index (χ4v) is 2.13. The SMILES string of the molecule is CC(C)c1cc(-c2ccsc2)nc(Cl)n1. The molecule has 0 atom stereocenters. The lowest BCUT2D eigenvalue weighted by Gasteiger charge is -2.06. The molecule has 0 amide bonds. The highest BCUT2D eigenvalue weighted by atomic mass is 35.5. The van der Waals surface area contributed by atoms with Gasteiger partial charge in [-0.1, -0.05) is 13.8 Å². The first-order chi connectivity index (χ1) is 7.16. The van der Waals surface area contributed by atoms with Gasteiger partial charge < -0.3 is 0 Å². The van der Waals surface area contributed by atoms with Gasteiger partial charge in [0.1, 0.15) is 0 Å². The summed E-state index contributed by atoms with van der Waals surface area (Å²) in [5.41, 5.74) is 2.99. The predicted octanol–water partition coefficient (Wildman–Crippen LogP) is 3.98. The van der Waals surface area contributed by atoms with Crippen LogP contribution in [0.25, 0.3) is 11.3 Å². The van der Waals surface area contributed by atoms with Crippen LogP contribution in [0.4, 0.5) is 0 Å². The minimum absolute atomic E-state index is 0.322. The third kappa shape index (κ3) is 2.36. The molecular weight excluding hydrogens is 228 g/mol. The first-order valence-corrected chi connectivity index (χ1v) is 6.06. The number of nitrogens with zero attached hydrogens (tertiary/aromatic N) is 2. The van der Waals surface area contributed by atoms with Crippen molar-refractivity contribution in [3.63, 3.8) is 0 Å². The normalized spacial score (nSPS) is 10.9. The molecule has 0 saturated heterocycles. The summed E-state index contributed by atoms with van der Waals surface area (Å²) in [6, 6.07) is 4.03. The van der Waals surface area contributed by atoms with Crippen molar-refractivity contribution in [1.82, 2.24) is 9.97 Å². The van der Waals surface area contributed by atoms with E-state index in [1.807, 2.05) is 17.5 Å². The molecule has 78 valence electrons. The Bertz CT molecular complexity index is 452. The van der Waals surface area contributed by atoms with Gasteiger partial charge in [-0.05, 0) is 35.0 Å². The van der Waals surface area contributed by atoms with E-state index in [0.717, 1.165) is 17.0 Å². The minimum atomic E-state index is 0.322. The first-order valence-electron chi connectivity index (χ1n) is 4.74. The van der Waals surface area contributed by atoms with E-state index in [1.165, 1.54) is 0 Å². The lowest BCUT2D eigenvalue weighted by molar-refractivity contribution is 0.815. The second-order valence-corrected chi connectivity index (χ2v) is 4.73. The fourth-order valence-electron chi connectivity index (χ4n) is 1.29. The molecule has 0 spiro atoms. The van der Waals surface area contributed by atoms with Crippen molar-refractivity contribution in [3.8, 4) is 11.3 Å². The van der Waals surface area contributed by atoms with Gasteiger partial charge >= 0.3 is 0 Å². The van der Waals surface area contributed by atoms with Gasteiger partial charge in [0.05, 0.1) is 5.69 Å². The van der Waals surface area contributed by atoms with Crippen LogP contribution in [0.1, 0.15) is 25.5 Å². The second kappa shape index (κ2) is 4.29. The Balaban J connectivity index is 2.49. The van der Waals surface area contributed by atoms with E-state index in [2.05, 4.69) is 29.2 Å². The monoisotopic (exact) mass is 238 g/mol. The van der Waals surface area contributed by atoms with Gasteiger partial charge in [-0.15, -0.1) is 0 Å². The van der Waals surface area contributed by atoms with Crippen LogP contribution in [0.15, 0.2) is 22.9 Å². The summed E-state index contributed by atoms with van der Waals surface area (Å²) in [6.45, 7) is 4.19. The summed E-state index contributed by atoms with van der Waals surface area (Å²) in [4.78, 5) is 8.42. The van der Waals surface area contributed by atoms with Crippen LogP contribution < -0.4 is 0 Å². The molecular formula is C11H11ClN2S. The summed E-state index contributed by atoms with van der Waals surface area (Å²) in [6.07, 6.45) is 0. The van der Waals surface area contributed by atoms with E-state index in [1.54, 1.807) is 11.3 Å². The molecule has 2 aromatic heterocycles. The Hall–Kier alpha value is -0.930. The third-order valence-corrected chi connectivity index (χ3v) is 2.98. The van der Waals surface area contributed by atoms with Crippen LogP contribution in [0.5, 0.6) is 0 Å². The van der Waals surface area contributed by atoms with Crippen molar-refractivity contribution >= 4 is 22.9 Å². The molecule has 2 rings (SSSR count). The average Bonchev–Trinajstić information content (AvgIpc) is 2.69. The van der Waals surface area contributed by atoms with Gasteiger partial charge in [-0.3, -0.25) is 0 Å². The van der Waals surface area contributed by atoms with Crippen LogP contribution in [0.2, 0.25) is 5.28 Å². The van der Waals surface area contributed by atoms with Crippen LogP contribution in [-0.4, -0.2) is 9.97 Å².